The summed E-state index contributed by atoms with van der Waals surface area (Å²) in [4.78, 5) is 20.4. The van der Waals surface area contributed by atoms with Gasteiger partial charge in [-0.25, -0.2) is 0 Å². The van der Waals surface area contributed by atoms with E-state index < -0.39 is 44.3 Å². The van der Waals surface area contributed by atoms with Gasteiger partial charge in [0, 0.05) is 6.54 Å². The number of aliphatic carboxylic acids is 2. The van der Waals surface area contributed by atoms with E-state index in [0.717, 1.165) is 12.8 Å². The van der Waals surface area contributed by atoms with Gasteiger partial charge >= 0.3 is 11.9 Å². The molecule has 0 spiro atoms. The molecule has 0 saturated carbocycles. The molecule has 0 radical (unpaired) electrons. The minimum atomic E-state index is -3.67. The van der Waals surface area contributed by atoms with Crippen LogP contribution < -0.4 is 28.3 Å². The highest BCUT2D eigenvalue weighted by molar-refractivity contribution is 7.85. The molecule has 194 valence electrons. The molecule has 0 aromatic carbocycles. The predicted molar refractivity (Wildman–Crippen MR) is 118 cm³/mol. The van der Waals surface area contributed by atoms with Crippen LogP contribution in [0.25, 0.3) is 0 Å². The van der Waals surface area contributed by atoms with Gasteiger partial charge in [-0.3, -0.25) is 24.1 Å². The van der Waals surface area contributed by atoms with Crippen molar-refractivity contribution in [1.82, 2.24) is 5.32 Å². The molecule has 0 aliphatic heterocycles. The van der Waals surface area contributed by atoms with E-state index in [4.69, 9.17) is 47.7 Å². The second-order valence-corrected chi connectivity index (χ2v) is 9.05. The lowest BCUT2D eigenvalue weighted by Gasteiger charge is -2.06. The Labute approximate surface area is 187 Å². The third kappa shape index (κ3) is 63.0. The lowest BCUT2D eigenvalue weighted by molar-refractivity contribution is -0.139. The fourth-order valence-electron chi connectivity index (χ4n) is 1.30. The van der Waals surface area contributed by atoms with Gasteiger partial charge in [-0.15, -0.1) is 0 Å². The molecule has 0 rings (SSSR count). The van der Waals surface area contributed by atoms with Crippen LogP contribution >= 0.6 is 0 Å². The van der Waals surface area contributed by atoms with Crippen LogP contribution in [0.2, 0.25) is 0 Å². The van der Waals surface area contributed by atoms with E-state index in [0.29, 0.717) is 44.9 Å². The van der Waals surface area contributed by atoms with Crippen molar-refractivity contribution in [2.24, 2.45) is 22.9 Å². The van der Waals surface area contributed by atoms with Crippen molar-refractivity contribution < 1.29 is 45.7 Å². The number of hydrogen-bond acceptors (Lipinski definition) is 10. The molecule has 0 unspecified atom stereocenters. The second-order valence-electron chi connectivity index (χ2n) is 6.12. The molecule has 16 nitrogen and oxygen atoms in total. The minimum absolute atomic E-state index is 0.112. The van der Waals surface area contributed by atoms with Crippen LogP contribution in [0.4, 0.5) is 0 Å². The quantitative estimate of drug-likeness (QED) is 0.0611. The fourth-order valence-corrected chi connectivity index (χ4v) is 1.30. The normalized spacial score (nSPS) is 12.2. The Kier molecular flexibility index (Phi) is 24.2. The molecule has 32 heavy (non-hydrogen) atoms. The van der Waals surface area contributed by atoms with Crippen molar-refractivity contribution >= 4 is 38.1 Å². The number of carbonyl (C=O) groups is 2. The van der Waals surface area contributed by atoms with Crippen molar-refractivity contribution in [3.05, 3.63) is 0 Å². The first-order valence-electron chi connectivity index (χ1n) is 8.81. The van der Waals surface area contributed by atoms with Crippen LogP contribution in [0.3, 0.4) is 0 Å². The highest BCUT2D eigenvalue weighted by Gasteiger charge is 2.10. The Balaban J connectivity index is -0.000000176. The van der Waals surface area contributed by atoms with E-state index in [1.807, 2.05) is 0 Å². The summed E-state index contributed by atoms with van der Waals surface area (Å²) < 4.78 is 51.7. The fraction of sp³-hybridized carbons (Fsp3) is 0.786. The molecule has 0 saturated heterocycles. The largest absolute Gasteiger partial charge is 0.480 e. The molecule has 0 aliphatic rings. The van der Waals surface area contributed by atoms with Gasteiger partial charge in [0.2, 0.25) is 0 Å². The molecule has 0 bridgehead atoms. The zero-order valence-corrected chi connectivity index (χ0v) is 19.6. The Morgan fingerprint density at radius 2 is 1.19 bits per heavy atom. The highest BCUT2D eigenvalue weighted by atomic mass is 32.2. The first-order chi connectivity index (χ1) is 14.2. The highest BCUT2D eigenvalue weighted by Crippen LogP contribution is 1.97. The van der Waals surface area contributed by atoms with Gasteiger partial charge in [-0.2, -0.15) is 16.8 Å². The lowest BCUT2D eigenvalue weighted by atomic mass is 10.1. The summed E-state index contributed by atoms with van der Waals surface area (Å²) in [6.45, 7) is 1.09. The molecule has 18 heteroatoms. The van der Waals surface area contributed by atoms with Gasteiger partial charge in [0.15, 0.2) is 5.96 Å². The summed E-state index contributed by atoms with van der Waals surface area (Å²) in [5.41, 5.74) is 20.6. The summed E-state index contributed by atoms with van der Waals surface area (Å²) in [6.07, 6.45) is 4.57. The molecule has 0 fully saturated rings. The number of rotatable bonds is 10. The number of nitrogens with two attached hydrogens (primary N) is 4. The third-order valence-electron chi connectivity index (χ3n) is 2.61. The topological polar surface area (TPSA) is 323 Å². The lowest BCUT2D eigenvalue weighted by Crippen LogP contribution is -2.34. The standard InChI is InChI=1S/C6H14N4O2.C6H14N2O2.2CH4O3S/c7-4(5(11)12)2-1-3-10-6(8)9;7-4-2-1-3-5(8)6(9)10;2*1-5(2,3)4/h4H,1-3,7H2,(H,11,12)(H4,8,9,10);5H,1-4,7-8H2,(H,9,10);2*1H3,(H,2,3,4)/t4-;5-;;/m00../s1. The maximum absolute atomic E-state index is 10.2. The summed E-state index contributed by atoms with van der Waals surface area (Å²) in [5, 5.41) is 26.0. The number of unbranched alkanes of at least 4 members (excludes halogenated alkanes) is 1. The van der Waals surface area contributed by atoms with Gasteiger partial charge in [-0.05, 0) is 32.2 Å². The van der Waals surface area contributed by atoms with Gasteiger partial charge < -0.3 is 38.5 Å². The van der Waals surface area contributed by atoms with Crippen LogP contribution in [0, 0.1) is 5.41 Å². The van der Waals surface area contributed by atoms with E-state index in [1.54, 1.807) is 0 Å². The van der Waals surface area contributed by atoms with E-state index in [1.165, 1.54) is 0 Å². The van der Waals surface area contributed by atoms with E-state index in [2.05, 4.69) is 5.32 Å². The van der Waals surface area contributed by atoms with Crippen molar-refractivity contribution in [3.63, 3.8) is 0 Å². The number of carboxylic acids is 2. The molecule has 0 aliphatic carbocycles. The maximum atomic E-state index is 10.2. The minimum Gasteiger partial charge on any atom is -0.480 e. The Morgan fingerprint density at radius 1 is 0.875 bits per heavy atom. The number of hydrogen-bond donors (Lipinski definition) is 10. The van der Waals surface area contributed by atoms with E-state index >= 15 is 0 Å². The van der Waals surface area contributed by atoms with Gasteiger partial charge in [0.05, 0.1) is 12.5 Å². The zero-order valence-electron chi connectivity index (χ0n) is 18.0. The summed E-state index contributed by atoms with van der Waals surface area (Å²) in [7, 11) is -7.33. The summed E-state index contributed by atoms with van der Waals surface area (Å²) >= 11 is 0. The average Bonchev–Trinajstić information content (AvgIpc) is 2.55. The predicted octanol–water partition coefficient (Wildman–Crippen LogP) is -2.80. The molecular formula is C14H36N6O10S2. The van der Waals surface area contributed by atoms with Crippen molar-refractivity contribution in [2.45, 2.75) is 44.2 Å². The Hall–Kier alpha value is -2.09. The molecule has 14 N–H and O–H groups in total. The van der Waals surface area contributed by atoms with Crippen LogP contribution in [0.5, 0.6) is 0 Å². The number of nitrogens with one attached hydrogen (secondary N) is 2. The molecule has 0 heterocycles. The zero-order chi connectivity index (χ0) is 26.5. The van der Waals surface area contributed by atoms with Gasteiger partial charge in [-0.1, -0.05) is 6.42 Å². The number of carboxylic acid groups (broad SMARTS) is 2. The Bertz CT molecular complexity index is 684. The van der Waals surface area contributed by atoms with Gasteiger partial charge in [0.1, 0.15) is 12.1 Å². The van der Waals surface area contributed by atoms with Crippen molar-refractivity contribution in [3.8, 4) is 0 Å². The van der Waals surface area contributed by atoms with Crippen molar-refractivity contribution in [1.29, 1.82) is 5.41 Å². The number of guanidine groups is 1. The smallest absolute Gasteiger partial charge is 0.320 e. The first kappa shape index (κ1) is 37.2. The van der Waals surface area contributed by atoms with Gasteiger partial charge in [0.25, 0.3) is 20.2 Å². The summed E-state index contributed by atoms with van der Waals surface area (Å²) in [5.74, 6) is -2.05. The third-order valence-corrected chi connectivity index (χ3v) is 2.61. The first-order valence-corrected chi connectivity index (χ1v) is 12.5. The molecular weight excluding hydrogens is 476 g/mol. The average molecular weight is 513 g/mol. The van der Waals surface area contributed by atoms with E-state index in [-0.39, 0.29) is 5.96 Å². The molecule has 0 amide bonds. The van der Waals surface area contributed by atoms with Crippen molar-refractivity contribution in [2.75, 3.05) is 25.6 Å². The monoisotopic (exact) mass is 512 g/mol. The molecule has 0 aromatic rings. The molecule has 2 atom stereocenters. The second kappa shape index (κ2) is 20.8. The van der Waals surface area contributed by atoms with Crippen LogP contribution in [-0.2, 0) is 29.8 Å². The van der Waals surface area contributed by atoms with Crippen LogP contribution in [0.15, 0.2) is 0 Å². The SMILES string of the molecule is CS(=O)(=O)O.CS(=O)(=O)O.N=C(N)NCCC[C@H](N)C(=O)O.NCCCC[C@H](N)C(=O)O. The van der Waals surface area contributed by atoms with E-state index in [9.17, 15) is 26.4 Å². The Morgan fingerprint density at radius 3 is 1.44 bits per heavy atom. The maximum Gasteiger partial charge on any atom is 0.320 e. The summed E-state index contributed by atoms with van der Waals surface area (Å²) in [6, 6.07) is -1.54. The van der Waals surface area contributed by atoms with Crippen LogP contribution in [-0.4, -0.2) is 91.7 Å². The van der Waals surface area contributed by atoms with Crippen LogP contribution in [0.1, 0.15) is 32.1 Å². The molecule has 0 aromatic heterocycles.